The monoisotopic (exact) mass is 467 g/mol. The van der Waals surface area contributed by atoms with Gasteiger partial charge in [0.15, 0.2) is 0 Å². The first-order valence-electron chi connectivity index (χ1n) is 11.6. The van der Waals surface area contributed by atoms with Gasteiger partial charge in [-0.2, -0.15) is 0 Å². The number of hydrogen-bond donors (Lipinski definition) is 3. The molecule has 1 aliphatic heterocycles. The van der Waals surface area contributed by atoms with Gasteiger partial charge < -0.3 is 25.6 Å². The van der Waals surface area contributed by atoms with Crippen LogP contribution in [0.4, 0.5) is 4.79 Å². The van der Waals surface area contributed by atoms with E-state index in [0.29, 0.717) is 52.0 Å². The summed E-state index contributed by atoms with van der Waals surface area (Å²) in [4.78, 5) is 43.4. The van der Waals surface area contributed by atoms with Gasteiger partial charge in [0.1, 0.15) is 5.75 Å². The van der Waals surface area contributed by atoms with Gasteiger partial charge in [0.25, 0.3) is 0 Å². The number of urea groups is 1. The predicted molar refractivity (Wildman–Crippen MR) is 128 cm³/mol. The van der Waals surface area contributed by atoms with Crippen LogP contribution in [0.5, 0.6) is 5.75 Å². The summed E-state index contributed by atoms with van der Waals surface area (Å²) in [6.07, 6.45) is 5.50. The number of nitrogens with one attached hydrogen (secondary N) is 3. The SMILES string of the molecule is COc1ccc(CNC(=O)N2CCCC(C(=O)NCc3ccncc3)CCNC(=O)CC2)cc1. The maximum Gasteiger partial charge on any atom is 0.317 e. The highest BCUT2D eigenvalue weighted by Gasteiger charge is 2.22. The van der Waals surface area contributed by atoms with E-state index in [1.165, 1.54) is 0 Å². The van der Waals surface area contributed by atoms with Gasteiger partial charge in [-0.1, -0.05) is 12.1 Å². The normalized spacial score (nSPS) is 17.1. The highest BCUT2D eigenvalue weighted by Crippen LogP contribution is 2.15. The maximum atomic E-state index is 12.8. The third kappa shape index (κ3) is 8.06. The van der Waals surface area contributed by atoms with Crippen LogP contribution in [-0.2, 0) is 22.7 Å². The fourth-order valence-electron chi connectivity index (χ4n) is 3.83. The zero-order chi connectivity index (χ0) is 24.2. The lowest BCUT2D eigenvalue weighted by molar-refractivity contribution is -0.126. The van der Waals surface area contributed by atoms with Gasteiger partial charge in [0.05, 0.1) is 7.11 Å². The molecule has 182 valence electrons. The van der Waals surface area contributed by atoms with Crippen LogP contribution in [0.1, 0.15) is 36.8 Å². The zero-order valence-corrected chi connectivity index (χ0v) is 19.6. The molecule has 0 saturated carbocycles. The highest BCUT2D eigenvalue weighted by atomic mass is 16.5. The van der Waals surface area contributed by atoms with E-state index in [9.17, 15) is 14.4 Å². The van der Waals surface area contributed by atoms with Crippen LogP contribution in [0.15, 0.2) is 48.8 Å². The van der Waals surface area contributed by atoms with E-state index >= 15 is 0 Å². The minimum absolute atomic E-state index is 0.0409. The number of pyridine rings is 1. The Labute approximate surface area is 200 Å². The summed E-state index contributed by atoms with van der Waals surface area (Å²) in [7, 11) is 1.61. The Kier molecular flexibility index (Phi) is 9.69. The first-order chi connectivity index (χ1) is 16.5. The second-order valence-electron chi connectivity index (χ2n) is 8.29. The number of aromatic nitrogens is 1. The number of benzene rings is 1. The number of carbonyl (C=O) groups is 3. The molecule has 0 spiro atoms. The summed E-state index contributed by atoms with van der Waals surface area (Å²) in [6, 6.07) is 11.0. The second-order valence-corrected chi connectivity index (χ2v) is 8.29. The largest absolute Gasteiger partial charge is 0.497 e. The van der Waals surface area contributed by atoms with Gasteiger partial charge in [-0.15, -0.1) is 0 Å². The first-order valence-corrected chi connectivity index (χ1v) is 11.6. The number of amides is 4. The van der Waals surface area contributed by atoms with Crippen molar-refractivity contribution in [1.29, 1.82) is 0 Å². The summed E-state index contributed by atoms with van der Waals surface area (Å²) in [6.45, 7) is 2.07. The minimum atomic E-state index is -0.232. The Hall–Kier alpha value is -3.62. The zero-order valence-electron chi connectivity index (χ0n) is 19.6. The van der Waals surface area contributed by atoms with Gasteiger partial charge in [-0.25, -0.2) is 4.79 Å². The summed E-state index contributed by atoms with van der Waals surface area (Å²) >= 11 is 0. The van der Waals surface area contributed by atoms with E-state index in [1.807, 2.05) is 36.4 Å². The molecule has 3 rings (SSSR count). The molecular weight excluding hydrogens is 434 g/mol. The Balaban J connectivity index is 1.53. The van der Waals surface area contributed by atoms with Crippen molar-refractivity contribution in [2.75, 3.05) is 26.7 Å². The molecule has 9 nitrogen and oxygen atoms in total. The molecule has 2 heterocycles. The highest BCUT2D eigenvalue weighted by molar-refractivity contribution is 5.80. The number of hydrogen-bond acceptors (Lipinski definition) is 5. The van der Waals surface area contributed by atoms with E-state index < -0.39 is 0 Å². The van der Waals surface area contributed by atoms with Crippen molar-refractivity contribution in [2.45, 2.75) is 38.8 Å². The van der Waals surface area contributed by atoms with E-state index in [4.69, 9.17) is 4.74 Å². The molecule has 0 bridgehead atoms. The fraction of sp³-hybridized carbons (Fsp3) is 0.440. The average Bonchev–Trinajstić information content (AvgIpc) is 2.91. The molecule has 1 atom stereocenters. The van der Waals surface area contributed by atoms with Crippen molar-refractivity contribution in [3.8, 4) is 5.75 Å². The van der Waals surface area contributed by atoms with Crippen molar-refractivity contribution < 1.29 is 19.1 Å². The molecule has 34 heavy (non-hydrogen) atoms. The van der Waals surface area contributed by atoms with E-state index in [1.54, 1.807) is 24.4 Å². The fourth-order valence-corrected chi connectivity index (χ4v) is 3.83. The lowest BCUT2D eigenvalue weighted by Gasteiger charge is -2.23. The summed E-state index contributed by atoms with van der Waals surface area (Å²) < 4.78 is 5.16. The summed E-state index contributed by atoms with van der Waals surface area (Å²) in [5.41, 5.74) is 1.93. The molecule has 1 fully saturated rings. The molecule has 2 aromatic rings. The Bertz CT molecular complexity index is 936. The smallest absolute Gasteiger partial charge is 0.317 e. The van der Waals surface area contributed by atoms with Crippen molar-refractivity contribution in [3.05, 3.63) is 59.9 Å². The number of nitrogens with zero attached hydrogens (tertiary/aromatic N) is 2. The van der Waals surface area contributed by atoms with E-state index in [2.05, 4.69) is 20.9 Å². The third-order valence-corrected chi connectivity index (χ3v) is 5.88. The summed E-state index contributed by atoms with van der Waals surface area (Å²) in [5, 5.41) is 8.77. The van der Waals surface area contributed by atoms with Crippen molar-refractivity contribution in [3.63, 3.8) is 0 Å². The lowest BCUT2D eigenvalue weighted by Crippen LogP contribution is -2.42. The van der Waals surface area contributed by atoms with Crippen LogP contribution in [0.25, 0.3) is 0 Å². The average molecular weight is 468 g/mol. The number of methoxy groups -OCH3 is 1. The van der Waals surface area contributed by atoms with Crippen molar-refractivity contribution >= 4 is 17.8 Å². The van der Waals surface area contributed by atoms with E-state index in [-0.39, 0.29) is 30.2 Å². The third-order valence-electron chi connectivity index (χ3n) is 5.88. The maximum absolute atomic E-state index is 12.8. The molecule has 1 unspecified atom stereocenters. The van der Waals surface area contributed by atoms with Gasteiger partial charge in [-0.3, -0.25) is 14.6 Å². The second kappa shape index (κ2) is 13.2. The Morgan fingerprint density at radius 2 is 1.74 bits per heavy atom. The first kappa shape index (κ1) is 25.0. The molecule has 1 saturated heterocycles. The topological polar surface area (TPSA) is 113 Å². The van der Waals surface area contributed by atoms with Crippen LogP contribution in [0.3, 0.4) is 0 Å². The Morgan fingerprint density at radius 1 is 1.03 bits per heavy atom. The lowest BCUT2D eigenvalue weighted by atomic mass is 9.98. The van der Waals surface area contributed by atoms with Crippen molar-refractivity contribution in [2.24, 2.45) is 5.92 Å². The van der Waals surface area contributed by atoms with Crippen LogP contribution >= 0.6 is 0 Å². The molecule has 1 aliphatic rings. The molecule has 3 N–H and O–H groups in total. The van der Waals surface area contributed by atoms with Crippen molar-refractivity contribution in [1.82, 2.24) is 25.8 Å². The molecule has 1 aromatic heterocycles. The molecule has 0 radical (unpaired) electrons. The number of rotatable bonds is 6. The van der Waals surface area contributed by atoms with Gasteiger partial charge in [0.2, 0.25) is 11.8 Å². The number of ether oxygens (including phenoxy) is 1. The Morgan fingerprint density at radius 3 is 2.47 bits per heavy atom. The standard InChI is InChI=1S/C25H33N5O4/c1-34-22-6-4-19(5-7-22)18-29-25(33)30-15-2-3-21(10-14-27-23(31)11-16-30)24(32)28-17-20-8-12-26-13-9-20/h4-9,12-13,21H,2-3,10-11,14-18H2,1H3,(H,27,31)(H,28,32)(H,29,33). The molecule has 4 amide bonds. The van der Waals surface area contributed by atoms with Gasteiger partial charge >= 0.3 is 6.03 Å². The number of carbonyl (C=O) groups excluding carboxylic acids is 3. The molecular formula is C25H33N5O4. The quantitative estimate of drug-likeness (QED) is 0.603. The molecule has 1 aromatic carbocycles. The van der Waals surface area contributed by atoms with Crippen LogP contribution in [0.2, 0.25) is 0 Å². The minimum Gasteiger partial charge on any atom is -0.497 e. The molecule has 0 aliphatic carbocycles. The summed E-state index contributed by atoms with van der Waals surface area (Å²) in [5.74, 6) is 0.365. The van der Waals surface area contributed by atoms with Crippen LogP contribution in [-0.4, -0.2) is 54.5 Å². The van der Waals surface area contributed by atoms with Crippen LogP contribution in [0, 0.1) is 5.92 Å². The van der Waals surface area contributed by atoms with Gasteiger partial charge in [0, 0.05) is 57.5 Å². The van der Waals surface area contributed by atoms with Gasteiger partial charge in [-0.05, 0) is 54.7 Å². The van der Waals surface area contributed by atoms with E-state index in [0.717, 1.165) is 16.9 Å². The van der Waals surface area contributed by atoms with Crippen LogP contribution < -0.4 is 20.7 Å². The predicted octanol–water partition coefficient (Wildman–Crippen LogP) is 2.22. The molecule has 9 heteroatoms.